The molecule has 1 heterocycles. The van der Waals surface area contributed by atoms with Gasteiger partial charge in [-0.25, -0.2) is 0 Å². The highest BCUT2D eigenvalue weighted by Gasteiger charge is 2.46. The van der Waals surface area contributed by atoms with Crippen molar-refractivity contribution in [3.8, 4) is 5.75 Å². The summed E-state index contributed by atoms with van der Waals surface area (Å²) in [5.41, 5.74) is 1.19. The second kappa shape index (κ2) is 7.66. The maximum atomic E-state index is 13.1. The maximum absolute atomic E-state index is 13.1. The van der Waals surface area contributed by atoms with Crippen LogP contribution in [0.2, 0.25) is 0 Å². The number of nitro benzene ring substituents is 1. The molecule has 1 aliphatic heterocycles. The van der Waals surface area contributed by atoms with E-state index in [0.717, 1.165) is 0 Å². The number of phenolic OH excluding ortho intramolecular Hbond substituents is 1. The summed E-state index contributed by atoms with van der Waals surface area (Å²) in [6, 6.07) is 3.96. The van der Waals surface area contributed by atoms with Crippen molar-refractivity contribution in [1.82, 2.24) is 0 Å². The molecule has 0 fully saturated rings. The SMILES string of the molecule is CC1=NC2=C(C(=O)CC(C)(C)C2)[C@H](c2ccc(O)c([N+](=O)[O-])c2)C1C(=O)OC(C)C. The van der Waals surface area contributed by atoms with Crippen LogP contribution in [0, 0.1) is 21.4 Å². The molecule has 3 rings (SSSR count). The van der Waals surface area contributed by atoms with Crippen molar-refractivity contribution < 1.29 is 24.4 Å². The molecule has 0 saturated carbocycles. The van der Waals surface area contributed by atoms with E-state index in [0.29, 0.717) is 35.4 Å². The molecule has 1 N–H and O–H groups in total. The summed E-state index contributed by atoms with van der Waals surface area (Å²) in [7, 11) is 0. The molecule has 30 heavy (non-hydrogen) atoms. The van der Waals surface area contributed by atoms with Gasteiger partial charge in [-0.1, -0.05) is 19.9 Å². The highest BCUT2D eigenvalue weighted by atomic mass is 16.6. The van der Waals surface area contributed by atoms with E-state index in [9.17, 15) is 24.8 Å². The zero-order chi connectivity index (χ0) is 22.4. The Kier molecular flexibility index (Phi) is 5.54. The van der Waals surface area contributed by atoms with Crippen LogP contribution in [0.4, 0.5) is 5.69 Å². The second-order valence-electron chi connectivity index (χ2n) is 9.00. The summed E-state index contributed by atoms with van der Waals surface area (Å²) < 4.78 is 5.43. The number of rotatable bonds is 4. The predicted octanol–water partition coefficient (Wildman–Crippen LogP) is 4.07. The van der Waals surface area contributed by atoms with Crippen LogP contribution in [-0.2, 0) is 14.3 Å². The third kappa shape index (κ3) is 3.99. The lowest BCUT2D eigenvalue weighted by Gasteiger charge is -2.39. The molecule has 8 heteroatoms. The number of benzene rings is 1. The normalized spacial score (nSPS) is 23.1. The van der Waals surface area contributed by atoms with Crippen LogP contribution in [0.5, 0.6) is 5.75 Å². The fraction of sp³-hybridized carbons (Fsp3) is 0.500. The van der Waals surface area contributed by atoms with E-state index < -0.39 is 34.2 Å². The largest absolute Gasteiger partial charge is 0.502 e. The van der Waals surface area contributed by atoms with E-state index in [-0.39, 0.29) is 17.3 Å². The minimum atomic E-state index is -0.875. The Morgan fingerprint density at radius 1 is 1.33 bits per heavy atom. The smallest absolute Gasteiger partial charge is 0.315 e. The number of nitro groups is 1. The van der Waals surface area contributed by atoms with Gasteiger partial charge >= 0.3 is 11.7 Å². The zero-order valence-electron chi connectivity index (χ0n) is 17.8. The molecule has 1 aromatic rings. The van der Waals surface area contributed by atoms with Gasteiger partial charge in [0.05, 0.1) is 11.0 Å². The Morgan fingerprint density at radius 3 is 2.60 bits per heavy atom. The van der Waals surface area contributed by atoms with Crippen LogP contribution < -0.4 is 0 Å². The molecule has 8 nitrogen and oxygen atoms in total. The van der Waals surface area contributed by atoms with E-state index in [1.165, 1.54) is 18.2 Å². The predicted molar refractivity (Wildman–Crippen MR) is 110 cm³/mol. The molecular formula is C22H26N2O6. The molecule has 0 spiro atoms. The number of phenols is 1. The molecule has 2 aliphatic rings. The second-order valence-corrected chi connectivity index (χ2v) is 9.00. The minimum absolute atomic E-state index is 0.124. The summed E-state index contributed by atoms with van der Waals surface area (Å²) in [5, 5.41) is 21.2. The number of aromatic hydroxyl groups is 1. The number of carbonyl (C=O) groups is 2. The van der Waals surface area contributed by atoms with Crippen molar-refractivity contribution in [2.75, 3.05) is 0 Å². The minimum Gasteiger partial charge on any atom is -0.502 e. The number of Topliss-reactive ketones (excluding diaryl/α,β-unsaturated/α-hetero) is 1. The van der Waals surface area contributed by atoms with Crippen molar-refractivity contribution in [3.05, 3.63) is 45.1 Å². The number of hydrogen-bond donors (Lipinski definition) is 1. The van der Waals surface area contributed by atoms with Crippen LogP contribution in [0.1, 0.15) is 58.9 Å². The van der Waals surface area contributed by atoms with Gasteiger partial charge in [-0.05, 0) is 44.2 Å². The van der Waals surface area contributed by atoms with Crippen molar-refractivity contribution in [2.24, 2.45) is 16.3 Å². The van der Waals surface area contributed by atoms with E-state index in [1.54, 1.807) is 20.8 Å². The van der Waals surface area contributed by atoms with E-state index >= 15 is 0 Å². The summed E-state index contributed by atoms with van der Waals surface area (Å²) >= 11 is 0. The maximum Gasteiger partial charge on any atom is 0.315 e. The number of nitrogens with zero attached hydrogens (tertiary/aromatic N) is 2. The third-order valence-corrected chi connectivity index (χ3v) is 5.46. The first-order valence-corrected chi connectivity index (χ1v) is 9.90. The van der Waals surface area contributed by atoms with Gasteiger partial charge in [-0.15, -0.1) is 0 Å². The lowest BCUT2D eigenvalue weighted by molar-refractivity contribution is -0.385. The fourth-order valence-electron chi connectivity index (χ4n) is 4.30. The van der Waals surface area contributed by atoms with Gasteiger partial charge in [0.25, 0.3) is 0 Å². The molecule has 0 aromatic heterocycles. The third-order valence-electron chi connectivity index (χ3n) is 5.46. The molecule has 1 aliphatic carbocycles. The van der Waals surface area contributed by atoms with Crippen LogP contribution in [0.25, 0.3) is 0 Å². The summed E-state index contributed by atoms with van der Waals surface area (Å²) in [5.74, 6) is -2.76. The highest BCUT2D eigenvalue weighted by molar-refractivity contribution is 6.09. The lowest BCUT2D eigenvalue weighted by atomic mass is 9.67. The average molecular weight is 414 g/mol. The van der Waals surface area contributed by atoms with E-state index in [2.05, 4.69) is 4.99 Å². The summed E-state index contributed by atoms with van der Waals surface area (Å²) in [6.45, 7) is 9.14. The van der Waals surface area contributed by atoms with Gasteiger partial charge in [0.1, 0.15) is 5.92 Å². The van der Waals surface area contributed by atoms with Gasteiger partial charge in [0.2, 0.25) is 0 Å². The molecule has 1 unspecified atom stereocenters. The number of allylic oxidation sites excluding steroid dienone is 2. The summed E-state index contributed by atoms with van der Waals surface area (Å²) in [4.78, 5) is 41.4. The Labute approximate surface area is 174 Å². The lowest BCUT2D eigenvalue weighted by Crippen LogP contribution is -2.40. The Morgan fingerprint density at radius 2 is 2.00 bits per heavy atom. The van der Waals surface area contributed by atoms with Gasteiger partial charge in [0.15, 0.2) is 11.5 Å². The number of hydrogen-bond acceptors (Lipinski definition) is 7. The van der Waals surface area contributed by atoms with Crippen LogP contribution in [0.15, 0.2) is 34.5 Å². The van der Waals surface area contributed by atoms with Crippen LogP contribution in [0.3, 0.4) is 0 Å². The first-order chi connectivity index (χ1) is 13.9. The van der Waals surface area contributed by atoms with Crippen molar-refractivity contribution in [2.45, 2.75) is 59.5 Å². The number of aliphatic imine (C=N–C) groups is 1. The zero-order valence-corrected chi connectivity index (χ0v) is 17.8. The van der Waals surface area contributed by atoms with E-state index in [4.69, 9.17) is 4.74 Å². The topological polar surface area (TPSA) is 119 Å². The van der Waals surface area contributed by atoms with Crippen molar-refractivity contribution in [1.29, 1.82) is 0 Å². The number of carbonyl (C=O) groups excluding carboxylic acids is 2. The Bertz CT molecular complexity index is 989. The Balaban J connectivity index is 2.22. The molecule has 0 saturated heterocycles. The van der Waals surface area contributed by atoms with E-state index in [1.807, 2.05) is 13.8 Å². The Hall–Kier alpha value is -3.03. The van der Waals surface area contributed by atoms with Gasteiger partial charge in [-0.2, -0.15) is 0 Å². The van der Waals surface area contributed by atoms with Crippen LogP contribution >= 0.6 is 0 Å². The first-order valence-electron chi connectivity index (χ1n) is 9.90. The number of esters is 1. The molecular weight excluding hydrogens is 388 g/mol. The fourth-order valence-corrected chi connectivity index (χ4v) is 4.30. The monoisotopic (exact) mass is 414 g/mol. The average Bonchev–Trinajstić information content (AvgIpc) is 2.58. The molecule has 0 radical (unpaired) electrons. The highest BCUT2D eigenvalue weighted by Crippen LogP contribution is 2.48. The van der Waals surface area contributed by atoms with Crippen LogP contribution in [-0.4, -0.2) is 33.6 Å². The van der Waals surface area contributed by atoms with Crippen molar-refractivity contribution in [3.63, 3.8) is 0 Å². The van der Waals surface area contributed by atoms with Gasteiger partial charge in [0, 0.05) is 35.4 Å². The molecule has 2 atom stereocenters. The molecule has 0 amide bonds. The van der Waals surface area contributed by atoms with Gasteiger partial charge in [-0.3, -0.25) is 24.7 Å². The number of ketones is 1. The molecule has 1 aromatic carbocycles. The standard InChI is InChI=1S/C22H26N2O6/c1-11(2)30-21(27)18-12(3)23-14-9-22(4,5)10-17(26)20(14)19(18)13-6-7-16(25)15(8-13)24(28)29/h6-8,11,18-19,25H,9-10H2,1-5H3/t18?,19-/m1/s1. The number of ether oxygens (including phenoxy) is 1. The quantitative estimate of drug-likeness (QED) is 0.451. The van der Waals surface area contributed by atoms with Gasteiger partial charge < -0.3 is 9.84 Å². The first kappa shape index (κ1) is 21.7. The summed E-state index contributed by atoms with van der Waals surface area (Å²) in [6.07, 6.45) is 0.494. The van der Waals surface area contributed by atoms with Crippen molar-refractivity contribution >= 4 is 23.2 Å². The molecule has 160 valence electrons. The molecule has 0 bridgehead atoms.